The van der Waals surface area contributed by atoms with Crippen molar-refractivity contribution in [1.82, 2.24) is 5.32 Å². The zero-order valence-corrected chi connectivity index (χ0v) is 11.9. The average Bonchev–Trinajstić information content (AvgIpc) is 2.38. The molecule has 4 nitrogen and oxygen atoms in total. The van der Waals surface area contributed by atoms with Gasteiger partial charge in [-0.2, -0.15) is 5.26 Å². The van der Waals surface area contributed by atoms with Gasteiger partial charge in [0.15, 0.2) is 0 Å². The first kappa shape index (κ1) is 15.0. The van der Waals surface area contributed by atoms with Crippen LogP contribution in [0.1, 0.15) is 39.7 Å². The summed E-state index contributed by atoms with van der Waals surface area (Å²) in [5, 5.41) is 15.1. The molecule has 19 heavy (non-hydrogen) atoms. The van der Waals surface area contributed by atoms with Crippen molar-refractivity contribution in [3.05, 3.63) is 29.8 Å². The normalized spacial score (nSPS) is 12.4. The molecule has 0 aliphatic heterocycles. The Labute approximate surface area is 114 Å². The minimum atomic E-state index is -0.389. The van der Waals surface area contributed by atoms with Gasteiger partial charge in [-0.3, -0.25) is 4.79 Å². The van der Waals surface area contributed by atoms with Gasteiger partial charge in [0.2, 0.25) is 5.91 Å². The number of para-hydroxylation sites is 1. The molecule has 0 spiro atoms. The Morgan fingerprint density at radius 1 is 1.42 bits per heavy atom. The summed E-state index contributed by atoms with van der Waals surface area (Å²) in [4.78, 5) is 12.1. The second kappa shape index (κ2) is 6.24. The van der Waals surface area contributed by atoms with Crippen molar-refractivity contribution >= 4 is 11.6 Å². The summed E-state index contributed by atoms with van der Waals surface area (Å²) >= 11 is 0. The quantitative estimate of drug-likeness (QED) is 0.854. The number of nitriles is 1. The lowest BCUT2D eigenvalue weighted by Gasteiger charge is -2.27. The topological polar surface area (TPSA) is 64.9 Å². The fourth-order valence-electron chi connectivity index (χ4n) is 1.54. The van der Waals surface area contributed by atoms with Gasteiger partial charge in [-0.05, 0) is 39.3 Å². The van der Waals surface area contributed by atoms with Gasteiger partial charge in [-0.25, -0.2) is 0 Å². The van der Waals surface area contributed by atoms with Crippen LogP contribution in [-0.4, -0.2) is 17.5 Å². The first-order chi connectivity index (χ1) is 8.89. The van der Waals surface area contributed by atoms with E-state index in [1.54, 1.807) is 25.1 Å². The van der Waals surface area contributed by atoms with Crippen molar-refractivity contribution in [3.8, 4) is 6.07 Å². The minimum absolute atomic E-state index is 0.0698. The Bertz CT molecular complexity index is 488. The molecule has 2 N–H and O–H groups in total. The molecule has 0 aliphatic carbocycles. The third-order valence-corrected chi connectivity index (χ3v) is 3.16. The summed E-state index contributed by atoms with van der Waals surface area (Å²) < 4.78 is 0. The van der Waals surface area contributed by atoms with Crippen LogP contribution in [0.5, 0.6) is 0 Å². The Hall–Kier alpha value is -2.02. The SMILES string of the molecule is CCC(C)(C)NC(=O)C(C)Nc1ccccc1C#N. The van der Waals surface area contributed by atoms with Crippen molar-refractivity contribution < 1.29 is 4.79 Å². The van der Waals surface area contributed by atoms with Crippen molar-refractivity contribution in [2.45, 2.75) is 45.7 Å². The highest BCUT2D eigenvalue weighted by molar-refractivity contribution is 5.85. The van der Waals surface area contributed by atoms with Gasteiger partial charge < -0.3 is 10.6 Å². The molecule has 1 unspecified atom stereocenters. The van der Waals surface area contributed by atoms with Crippen LogP contribution in [0, 0.1) is 11.3 Å². The lowest BCUT2D eigenvalue weighted by molar-refractivity contribution is -0.123. The van der Waals surface area contributed by atoms with E-state index in [4.69, 9.17) is 5.26 Å². The summed E-state index contributed by atoms with van der Waals surface area (Å²) in [6.45, 7) is 7.79. The van der Waals surface area contributed by atoms with Crippen LogP contribution >= 0.6 is 0 Å². The van der Waals surface area contributed by atoms with E-state index in [0.29, 0.717) is 11.3 Å². The fourth-order valence-corrected chi connectivity index (χ4v) is 1.54. The molecule has 4 heteroatoms. The molecule has 0 saturated heterocycles. The van der Waals surface area contributed by atoms with Gasteiger partial charge in [0.25, 0.3) is 0 Å². The van der Waals surface area contributed by atoms with Gasteiger partial charge in [0.1, 0.15) is 12.1 Å². The maximum atomic E-state index is 12.1. The number of nitrogens with zero attached hydrogens (tertiary/aromatic N) is 1. The monoisotopic (exact) mass is 259 g/mol. The summed E-state index contributed by atoms with van der Waals surface area (Å²) in [5.74, 6) is -0.0698. The average molecular weight is 259 g/mol. The molecule has 0 bridgehead atoms. The predicted octanol–water partition coefficient (Wildman–Crippen LogP) is 2.66. The van der Waals surface area contributed by atoms with E-state index in [1.807, 2.05) is 26.8 Å². The van der Waals surface area contributed by atoms with E-state index in [-0.39, 0.29) is 17.5 Å². The second-order valence-corrected chi connectivity index (χ2v) is 5.25. The van der Waals surface area contributed by atoms with Crippen LogP contribution < -0.4 is 10.6 Å². The van der Waals surface area contributed by atoms with Crippen LogP contribution in [0.4, 0.5) is 5.69 Å². The molecule has 1 aromatic carbocycles. The number of carbonyl (C=O) groups excluding carboxylic acids is 1. The number of rotatable bonds is 5. The lowest BCUT2D eigenvalue weighted by atomic mass is 10.0. The maximum Gasteiger partial charge on any atom is 0.242 e. The molecular formula is C15H21N3O. The number of benzene rings is 1. The van der Waals surface area contributed by atoms with E-state index in [1.165, 1.54) is 0 Å². The van der Waals surface area contributed by atoms with E-state index < -0.39 is 0 Å². The highest BCUT2D eigenvalue weighted by Crippen LogP contribution is 2.15. The molecular weight excluding hydrogens is 238 g/mol. The Morgan fingerprint density at radius 2 is 2.05 bits per heavy atom. The molecule has 1 amide bonds. The molecule has 0 saturated carbocycles. The number of anilines is 1. The largest absolute Gasteiger partial charge is 0.373 e. The standard InChI is InChI=1S/C15H21N3O/c1-5-15(3,4)18-14(19)11(2)17-13-9-7-6-8-12(13)10-16/h6-9,11,17H,5H2,1-4H3,(H,18,19). The Balaban J connectivity index is 2.72. The predicted molar refractivity (Wildman–Crippen MR) is 76.8 cm³/mol. The van der Waals surface area contributed by atoms with Crippen LogP contribution in [0.15, 0.2) is 24.3 Å². The zero-order valence-electron chi connectivity index (χ0n) is 11.9. The molecule has 0 aromatic heterocycles. The van der Waals surface area contributed by atoms with E-state index in [9.17, 15) is 4.79 Å². The van der Waals surface area contributed by atoms with Crippen LogP contribution in [0.2, 0.25) is 0 Å². The van der Waals surface area contributed by atoms with Gasteiger partial charge in [0.05, 0.1) is 11.3 Å². The number of carbonyl (C=O) groups is 1. The van der Waals surface area contributed by atoms with E-state index in [0.717, 1.165) is 6.42 Å². The minimum Gasteiger partial charge on any atom is -0.373 e. The number of amides is 1. The van der Waals surface area contributed by atoms with Crippen molar-refractivity contribution in [2.75, 3.05) is 5.32 Å². The molecule has 0 heterocycles. The van der Waals surface area contributed by atoms with Gasteiger partial charge in [-0.1, -0.05) is 19.1 Å². The summed E-state index contributed by atoms with van der Waals surface area (Å²) in [5.41, 5.74) is 1.00. The van der Waals surface area contributed by atoms with Crippen molar-refractivity contribution in [2.24, 2.45) is 0 Å². The van der Waals surface area contributed by atoms with Crippen molar-refractivity contribution in [1.29, 1.82) is 5.26 Å². The summed E-state index contributed by atoms with van der Waals surface area (Å²) in [6.07, 6.45) is 0.861. The fraction of sp³-hybridized carbons (Fsp3) is 0.467. The summed E-state index contributed by atoms with van der Waals surface area (Å²) in [6, 6.07) is 8.88. The number of nitrogens with one attached hydrogen (secondary N) is 2. The van der Waals surface area contributed by atoms with Crippen LogP contribution in [-0.2, 0) is 4.79 Å². The molecule has 1 aromatic rings. The third-order valence-electron chi connectivity index (χ3n) is 3.16. The Morgan fingerprint density at radius 3 is 2.63 bits per heavy atom. The van der Waals surface area contributed by atoms with Crippen LogP contribution in [0.25, 0.3) is 0 Å². The summed E-state index contributed by atoms with van der Waals surface area (Å²) in [7, 11) is 0. The highest BCUT2D eigenvalue weighted by atomic mass is 16.2. The number of hydrogen-bond acceptors (Lipinski definition) is 3. The van der Waals surface area contributed by atoms with Crippen LogP contribution in [0.3, 0.4) is 0 Å². The maximum absolute atomic E-state index is 12.1. The van der Waals surface area contributed by atoms with E-state index >= 15 is 0 Å². The van der Waals surface area contributed by atoms with Crippen molar-refractivity contribution in [3.63, 3.8) is 0 Å². The smallest absolute Gasteiger partial charge is 0.242 e. The first-order valence-electron chi connectivity index (χ1n) is 6.47. The number of hydrogen-bond donors (Lipinski definition) is 2. The molecule has 1 atom stereocenters. The first-order valence-corrected chi connectivity index (χ1v) is 6.47. The Kier molecular flexibility index (Phi) is 4.94. The zero-order chi connectivity index (χ0) is 14.5. The molecule has 0 aliphatic rings. The lowest BCUT2D eigenvalue weighted by Crippen LogP contribution is -2.48. The highest BCUT2D eigenvalue weighted by Gasteiger charge is 2.22. The molecule has 0 radical (unpaired) electrons. The third kappa shape index (κ3) is 4.29. The van der Waals surface area contributed by atoms with E-state index in [2.05, 4.69) is 16.7 Å². The molecule has 102 valence electrons. The second-order valence-electron chi connectivity index (χ2n) is 5.25. The van der Waals surface area contributed by atoms with Gasteiger partial charge in [0, 0.05) is 5.54 Å². The molecule has 1 rings (SSSR count). The van der Waals surface area contributed by atoms with Gasteiger partial charge in [-0.15, -0.1) is 0 Å². The van der Waals surface area contributed by atoms with Gasteiger partial charge >= 0.3 is 0 Å². The molecule has 0 fully saturated rings.